The van der Waals surface area contributed by atoms with Crippen LogP contribution in [-0.2, 0) is 16.0 Å². The smallest absolute Gasteiger partial charge is 0.160 e. The summed E-state index contributed by atoms with van der Waals surface area (Å²) in [5, 5.41) is 4.26. The van der Waals surface area contributed by atoms with Gasteiger partial charge in [-0.15, -0.1) is 0 Å². The van der Waals surface area contributed by atoms with Gasteiger partial charge in [-0.25, -0.2) is 4.68 Å². The number of nitrogens with zero attached hydrogens (tertiary/aromatic N) is 3. The van der Waals surface area contributed by atoms with E-state index in [1.807, 2.05) is 16.9 Å². The van der Waals surface area contributed by atoms with Gasteiger partial charge >= 0.3 is 0 Å². The third-order valence-electron chi connectivity index (χ3n) is 4.78. The van der Waals surface area contributed by atoms with Gasteiger partial charge in [0, 0.05) is 24.9 Å². The molecule has 0 N–H and O–H groups in total. The van der Waals surface area contributed by atoms with E-state index in [0.29, 0.717) is 5.92 Å². The maximum Gasteiger partial charge on any atom is 0.160 e. The summed E-state index contributed by atoms with van der Waals surface area (Å²) in [6.07, 6.45) is 6.14. The molecule has 0 atom stereocenters. The molecule has 122 valence electrons. The van der Waals surface area contributed by atoms with E-state index in [-0.39, 0.29) is 6.29 Å². The zero-order chi connectivity index (χ0) is 15.5. The third-order valence-corrected chi connectivity index (χ3v) is 4.78. The van der Waals surface area contributed by atoms with Gasteiger partial charge in [-0.05, 0) is 49.7 Å². The predicted octanol–water partition coefficient (Wildman–Crippen LogP) is 2.46. The molecule has 23 heavy (non-hydrogen) atoms. The van der Waals surface area contributed by atoms with Gasteiger partial charge in [-0.3, -0.25) is 4.90 Å². The first-order valence-electron chi connectivity index (χ1n) is 8.43. The Morgan fingerprint density at radius 2 is 1.78 bits per heavy atom. The van der Waals surface area contributed by atoms with Gasteiger partial charge in [0.1, 0.15) is 0 Å². The Bertz CT molecular complexity index is 598. The second-order valence-corrected chi connectivity index (χ2v) is 6.34. The SMILES string of the molecule is c1cnn(-c2ccc(CN3CCC(C4OCCO4)CC3)cc2)c1. The number of aromatic nitrogens is 2. The largest absolute Gasteiger partial charge is 0.350 e. The van der Waals surface area contributed by atoms with Crippen LogP contribution in [0.5, 0.6) is 0 Å². The summed E-state index contributed by atoms with van der Waals surface area (Å²) in [5.41, 5.74) is 2.46. The highest BCUT2D eigenvalue weighted by Crippen LogP contribution is 2.26. The van der Waals surface area contributed by atoms with Crippen LogP contribution in [0.25, 0.3) is 5.69 Å². The molecule has 2 aromatic rings. The standard InChI is InChI=1S/C18H23N3O2/c1-8-19-21(9-1)17-4-2-15(3-5-17)14-20-10-6-16(7-11-20)18-22-12-13-23-18/h1-5,8-9,16,18H,6-7,10-14H2. The molecule has 2 fully saturated rings. The Kier molecular flexibility index (Phi) is 4.41. The van der Waals surface area contributed by atoms with Crippen LogP contribution in [0.1, 0.15) is 18.4 Å². The molecule has 1 aromatic carbocycles. The minimum absolute atomic E-state index is 0.0468. The van der Waals surface area contributed by atoms with Gasteiger partial charge in [-0.2, -0.15) is 5.10 Å². The molecule has 5 nitrogen and oxygen atoms in total. The van der Waals surface area contributed by atoms with Crippen molar-refractivity contribution in [3.05, 3.63) is 48.3 Å². The monoisotopic (exact) mass is 313 g/mol. The van der Waals surface area contributed by atoms with Gasteiger partial charge in [0.25, 0.3) is 0 Å². The number of ether oxygens (including phenoxy) is 2. The molecule has 0 saturated carbocycles. The van der Waals surface area contributed by atoms with E-state index in [9.17, 15) is 0 Å². The van der Waals surface area contributed by atoms with Crippen LogP contribution < -0.4 is 0 Å². The molecule has 3 heterocycles. The van der Waals surface area contributed by atoms with Crippen LogP contribution in [-0.4, -0.2) is 47.3 Å². The van der Waals surface area contributed by atoms with Crippen LogP contribution in [0.4, 0.5) is 0 Å². The normalized spacial score (nSPS) is 21.0. The van der Waals surface area contributed by atoms with Crippen molar-refractivity contribution in [1.29, 1.82) is 0 Å². The van der Waals surface area contributed by atoms with Crippen molar-refractivity contribution < 1.29 is 9.47 Å². The van der Waals surface area contributed by atoms with E-state index in [1.54, 1.807) is 6.20 Å². The molecule has 0 bridgehead atoms. The summed E-state index contributed by atoms with van der Waals surface area (Å²) in [6, 6.07) is 10.6. The van der Waals surface area contributed by atoms with E-state index in [4.69, 9.17) is 9.47 Å². The molecular weight excluding hydrogens is 290 g/mol. The van der Waals surface area contributed by atoms with Crippen LogP contribution in [0, 0.1) is 5.92 Å². The summed E-state index contributed by atoms with van der Waals surface area (Å²) in [5.74, 6) is 0.566. The first-order chi connectivity index (χ1) is 11.4. The number of likely N-dealkylation sites (tertiary alicyclic amines) is 1. The van der Waals surface area contributed by atoms with E-state index in [0.717, 1.165) is 51.4 Å². The van der Waals surface area contributed by atoms with Crippen molar-refractivity contribution >= 4 is 0 Å². The van der Waals surface area contributed by atoms with E-state index in [1.165, 1.54) is 5.56 Å². The van der Waals surface area contributed by atoms with Crippen LogP contribution >= 0.6 is 0 Å². The van der Waals surface area contributed by atoms with Gasteiger partial charge < -0.3 is 9.47 Å². The predicted molar refractivity (Wildman–Crippen MR) is 87.3 cm³/mol. The average Bonchev–Trinajstić information content (AvgIpc) is 3.30. The van der Waals surface area contributed by atoms with Crippen LogP contribution in [0.2, 0.25) is 0 Å². The summed E-state index contributed by atoms with van der Waals surface area (Å²) in [7, 11) is 0. The second kappa shape index (κ2) is 6.83. The van der Waals surface area contributed by atoms with Gasteiger partial charge in [-0.1, -0.05) is 12.1 Å². The number of rotatable bonds is 4. The maximum atomic E-state index is 5.65. The molecule has 2 saturated heterocycles. The summed E-state index contributed by atoms with van der Waals surface area (Å²) < 4.78 is 13.2. The lowest BCUT2D eigenvalue weighted by atomic mass is 9.96. The fourth-order valence-electron chi connectivity index (χ4n) is 3.47. The first kappa shape index (κ1) is 14.9. The lowest BCUT2D eigenvalue weighted by Gasteiger charge is -2.33. The van der Waals surface area contributed by atoms with E-state index in [2.05, 4.69) is 34.3 Å². The summed E-state index contributed by atoms with van der Waals surface area (Å²) >= 11 is 0. The minimum Gasteiger partial charge on any atom is -0.350 e. The fourth-order valence-corrected chi connectivity index (χ4v) is 3.47. The van der Waals surface area contributed by atoms with Crippen LogP contribution in [0.15, 0.2) is 42.7 Å². The minimum atomic E-state index is 0.0468. The van der Waals surface area contributed by atoms with Gasteiger partial charge in [0.05, 0.1) is 18.9 Å². The summed E-state index contributed by atoms with van der Waals surface area (Å²) in [4.78, 5) is 2.52. The molecule has 0 spiro atoms. The zero-order valence-corrected chi connectivity index (χ0v) is 13.3. The van der Waals surface area contributed by atoms with E-state index < -0.39 is 0 Å². The van der Waals surface area contributed by atoms with Crippen molar-refractivity contribution in [3.63, 3.8) is 0 Å². The van der Waals surface area contributed by atoms with E-state index >= 15 is 0 Å². The quantitative estimate of drug-likeness (QED) is 0.869. The molecule has 0 radical (unpaired) electrons. The highest BCUT2D eigenvalue weighted by Gasteiger charge is 2.30. The summed E-state index contributed by atoms with van der Waals surface area (Å²) in [6.45, 7) is 4.77. The Morgan fingerprint density at radius 3 is 2.43 bits per heavy atom. The molecule has 0 unspecified atom stereocenters. The Balaban J connectivity index is 1.31. The lowest BCUT2D eigenvalue weighted by Crippen LogP contribution is -2.37. The Hall–Kier alpha value is -1.69. The fraction of sp³-hybridized carbons (Fsp3) is 0.500. The van der Waals surface area contributed by atoms with Gasteiger partial charge in [0.2, 0.25) is 0 Å². The highest BCUT2D eigenvalue weighted by atomic mass is 16.7. The van der Waals surface area contributed by atoms with Crippen LogP contribution in [0.3, 0.4) is 0 Å². The third kappa shape index (κ3) is 3.47. The van der Waals surface area contributed by atoms with Crippen molar-refractivity contribution in [2.24, 2.45) is 5.92 Å². The average molecular weight is 313 g/mol. The topological polar surface area (TPSA) is 39.5 Å². The lowest BCUT2D eigenvalue weighted by molar-refractivity contribution is -0.0977. The van der Waals surface area contributed by atoms with Crippen molar-refractivity contribution in [1.82, 2.24) is 14.7 Å². The first-order valence-corrected chi connectivity index (χ1v) is 8.43. The number of hydrogen-bond acceptors (Lipinski definition) is 4. The Morgan fingerprint density at radius 1 is 1.04 bits per heavy atom. The molecule has 0 amide bonds. The molecule has 4 rings (SSSR count). The van der Waals surface area contributed by atoms with Crippen molar-refractivity contribution in [2.45, 2.75) is 25.7 Å². The molecule has 1 aromatic heterocycles. The number of hydrogen-bond donors (Lipinski definition) is 0. The van der Waals surface area contributed by atoms with Crippen molar-refractivity contribution in [3.8, 4) is 5.69 Å². The Labute approximate surface area is 136 Å². The maximum absolute atomic E-state index is 5.65. The molecule has 2 aliphatic heterocycles. The molecule has 0 aliphatic carbocycles. The second-order valence-electron chi connectivity index (χ2n) is 6.34. The molecule has 5 heteroatoms. The molecule has 2 aliphatic rings. The van der Waals surface area contributed by atoms with Gasteiger partial charge in [0.15, 0.2) is 6.29 Å². The number of piperidine rings is 1. The molecular formula is C18H23N3O2. The van der Waals surface area contributed by atoms with Crippen molar-refractivity contribution in [2.75, 3.05) is 26.3 Å². The zero-order valence-electron chi connectivity index (χ0n) is 13.3. The number of benzene rings is 1. The highest BCUT2D eigenvalue weighted by molar-refractivity contribution is 5.33.